The summed E-state index contributed by atoms with van der Waals surface area (Å²) in [6, 6.07) is 15.8. The van der Waals surface area contributed by atoms with E-state index in [4.69, 9.17) is 9.47 Å². The molecule has 2 aromatic rings. The van der Waals surface area contributed by atoms with Crippen LogP contribution in [0.2, 0.25) is 0 Å². The van der Waals surface area contributed by atoms with Crippen LogP contribution >= 0.6 is 0 Å². The van der Waals surface area contributed by atoms with E-state index >= 15 is 0 Å². The summed E-state index contributed by atoms with van der Waals surface area (Å²) in [5, 5.41) is 0. The fourth-order valence-electron chi connectivity index (χ4n) is 4.02. The van der Waals surface area contributed by atoms with Gasteiger partial charge in [-0.1, -0.05) is 30.3 Å². The van der Waals surface area contributed by atoms with Gasteiger partial charge in [-0.2, -0.15) is 0 Å². The number of fused-ring (bicyclic) bond motifs is 1. The zero-order chi connectivity index (χ0) is 18.0. The Morgan fingerprint density at radius 2 is 1.81 bits per heavy atom. The number of carbonyl (C=O) groups excluding carboxylic acids is 1. The molecule has 0 saturated carbocycles. The SMILES string of the molecule is CCOc1ccccc1C(=O)N1CCC2(CCc3ccccc3O2)CC1. The largest absolute Gasteiger partial charge is 0.493 e. The molecule has 0 aromatic heterocycles. The van der Waals surface area contributed by atoms with Gasteiger partial charge in [-0.3, -0.25) is 4.79 Å². The molecule has 136 valence electrons. The Balaban J connectivity index is 1.45. The van der Waals surface area contributed by atoms with Crippen LogP contribution in [0.1, 0.15) is 42.1 Å². The molecule has 2 aliphatic rings. The van der Waals surface area contributed by atoms with Crippen molar-refractivity contribution in [1.82, 2.24) is 4.90 Å². The molecule has 0 bridgehead atoms. The highest BCUT2D eigenvalue weighted by atomic mass is 16.5. The van der Waals surface area contributed by atoms with Crippen molar-refractivity contribution in [2.45, 2.75) is 38.2 Å². The predicted molar refractivity (Wildman–Crippen MR) is 101 cm³/mol. The smallest absolute Gasteiger partial charge is 0.257 e. The lowest BCUT2D eigenvalue weighted by atomic mass is 9.83. The van der Waals surface area contributed by atoms with Gasteiger partial charge < -0.3 is 14.4 Å². The topological polar surface area (TPSA) is 38.8 Å². The van der Waals surface area contributed by atoms with Crippen LogP contribution in [0.5, 0.6) is 11.5 Å². The van der Waals surface area contributed by atoms with E-state index < -0.39 is 0 Å². The first kappa shape index (κ1) is 17.0. The molecule has 0 aliphatic carbocycles. The number of amides is 1. The lowest BCUT2D eigenvalue weighted by Gasteiger charge is -2.44. The standard InChI is InChI=1S/C22H25NO3/c1-2-25-20-10-6-4-8-18(20)21(24)23-15-13-22(14-16-23)12-11-17-7-3-5-9-19(17)26-22/h3-10H,2,11-16H2,1H3. The molecule has 0 unspecified atom stereocenters. The lowest BCUT2D eigenvalue weighted by molar-refractivity contribution is -0.0107. The van der Waals surface area contributed by atoms with E-state index in [1.807, 2.05) is 42.2 Å². The minimum absolute atomic E-state index is 0.0557. The van der Waals surface area contributed by atoms with Crippen LogP contribution in [0.4, 0.5) is 0 Å². The van der Waals surface area contributed by atoms with Gasteiger partial charge in [0, 0.05) is 25.9 Å². The average Bonchev–Trinajstić information content (AvgIpc) is 2.69. The molecule has 1 amide bonds. The summed E-state index contributed by atoms with van der Waals surface area (Å²) in [5.41, 5.74) is 1.83. The molecule has 4 rings (SSSR count). The van der Waals surface area contributed by atoms with E-state index in [0.717, 1.165) is 44.5 Å². The summed E-state index contributed by atoms with van der Waals surface area (Å²) in [6.07, 6.45) is 3.84. The Morgan fingerprint density at radius 3 is 2.62 bits per heavy atom. The number of hydrogen-bond acceptors (Lipinski definition) is 3. The Kier molecular flexibility index (Phi) is 4.58. The van der Waals surface area contributed by atoms with Crippen LogP contribution in [0.15, 0.2) is 48.5 Å². The first-order valence-corrected chi connectivity index (χ1v) is 9.49. The highest BCUT2D eigenvalue weighted by Crippen LogP contribution is 2.39. The first-order valence-electron chi connectivity index (χ1n) is 9.49. The molecule has 26 heavy (non-hydrogen) atoms. The molecule has 0 N–H and O–H groups in total. The second-order valence-electron chi connectivity index (χ2n) is 7.11. The summed E-state index contributed by atoms with van der Waals surface area (Å²) in [6.45, 7) is 3.94. The van der Waals surface area contributed by atoms with Crippen molar-refractivity contribution < 1.29 is 14.3 Å². The van der Waals surface area contributed by atoms with Crippen molar-refractivity contribution in [3.8, 4) is 11.5 Å². The van der Waals surface area contributed by atoms with Crippen LogP contribution in [-0.4, -0.2) is 36.1 Å². The van der Waals surface area contributed by atoms with Gasteiger partial charge in [-0.25, -0.2) is 0 Å². The summed E-state index contributed by atoms with van der Waals surface area (Å²) < 4.78 is 12.0. The Hall–Kier alpha value is -2.49. The maximum absolute atomic E-state index is 13.0. The molecule has 4 heteroatoms. The van der Waals surface area contributed by atoms with Gasteiger partial charge in [0.1, 0.15) is 17.1 Å². The summed E-state index contributed by atoms with van der Waals surface area (Å²) in [5.74, 6) is 1.74. The molecule has 2 aliphatic heterocycles. The Labute approximate surface area is 154 Å². The number of likely N-dealkylation sites (tertiary alicyclic amines) is 1. The average molecular weight is 351 g/mol. The van der Waals surface area contributed by atoms with E-state index in [1.165, 1.54) is 5.56 Å². The van der Waals surface area contributed by atoms with Crippen LogP contribution in [0.25, 0.3) is 0 Å². The molecule has 0 atom stereocenters. The number of carbonyl (C=O) groups is 1. The number of hydrogen-bond donors (Lipinski definition) is 0. The van der Waals surface area contributed by atoms with E-state index in [0.29, 0.717) is 17.9 Å². The second kappa shape index (κ2) is 7.02. The van der Waals surface area contributed by atoms with Crippen LogP contribution in [-0.2, 0) is 6.42 Å². The highest BCUT2D eigenvalue weighted by molar-refractivity contribution is 5.97. The molecule has 1 saturated heterocycles. The van der Waals surface area contributed by atoms with E-state index in [2.05, 4.69) is 18.2 Å². The molecule has 1 fully saturated rings. The van der Waals surface area contributed by atoms with Crippen molar-refractivity contribution in [1.29, 1.82) is 0 Å². The number of rotatable bonds is 3. The van der Waals surface area contributed by atoms with Gasteiger partial charge in [0.05, 0.1) is 12.2 Å². The first-order chi connectivity index (χ1) is 12.7. The molecule has 1 spiro atoms. The van der Waals surface area contributed by atoms with Crippen molar-refractivity contribution >= 4 is 5.91 Å². The minimum Gasteiger partial charge on any atom is -0.493 e. The van der Waals surface area contributed by atoms with Gasteiger partial charge >= 0.3 is 0 Å². The van der Waals surface area contributed by atoms with Crippen molar-refractivity contribution in [3.05, 3.63) is 59.7 Å². The third-order valence-electron chi connectivity index (χ3n) is 5.53. The summed E-state index contributed by atoms with van der Waals surface area (Å²) in [4.78, 5) is 14.9. The van der Waals surface area contributed by atoms with Crippen LogP contribution < -0.4 is 9.47 Å². The maximum Gasteiger partial charge on any atom is 0.257 e. The minimum atomic E-state index is -0.120. The number of benzene rings is 2. The van der Waals surface area contributed by atoms with Crippen molar-refractivity contribution in [2.75, 3.05) is 19.7 Å². The molecule has 4 nitrogen and oxygen atoms in total. The molecular formula is C22H25NO3. The lowest BCUT2D eigenvalue weighted by Crippen LogP contribution is -2.51. The van der Waals surface area contributed by atoms with Gasteiger partial charge in [0.25, 0.3) is 5.91 Å². The predicted octanol–water partition coefficient (Wildman–Crippen LogP) is 4.09. The van der Waals surface area contributed by atoms with E-state index in [1.54, 1.807) is 0 Å². The van der Waals surface area contributed by atoms with Gasteiger partial charge in [-0.05, 0) is 43.5 Å². The highest BCUT2D eigenvalue weighted by Gasteiger charge is 2.40. The molecule has 2 aromatic carbocycles. The third-order valence-corrected chi connectivity index (χ3v) is 5.53. The van der Waals surface area contributed by atoms with Crippen LogP contribution in [0.3, 0.4) is 0 Å². The summed E-state index contributed by atoms with van der Waals surface area (Å²) in [7, 11) is 0. The number of nitrogens with zero attached hydrogens (tertiary/aromatic N) is 1. The van der Waals surface area contributed by atoms with Crippen molar-refractivity contribution in [2.24, 2.45) is 0 Å². The maximum atomic E-state index is 13.0. The molecule has 0 radical (unpaired) electrons. The Bertz CT molecular complexity index is 793. The number of para-hydroxylation sites is 2. The number of piperidine rings is 1. The van der Waals surface area contributed by atoms with Gasteiger partial charge in [0.15, 0.2) is 0 Å². The van der Waals surface area contributed by atoms with E-state index in [-0.39, 0.29) is 11.5 Å². The number of ether oxygens (including phenoxy) is 2. The third kappa shape index (κ3) is 3.16. The monoisotopic (exact) mass is 351 g/mol. The summed E-state index contributed by atoms with van der Waals surface area (Å²) >= 11 is 0. The molecule has 2 heterocycles. The Morgan fingerprint density at radius 1 is 1.08 bits per heavy atom. The fourth-order valence-corrected chi connectivity index (χ4v) is 4.02. The van der Waals surface area contributed by atoms with Gasteiger partial charge in [0.2, 0.25) is 0 Å². The quantitative estimate of drug-likeness (QED) is 0.836. The zero-order valence-electron chi connectivity index (χ0n) is 15.2. The normalized spacial score (nSPS) is 18.1. The van der Waals surface area contributed by atoms with E-state index in [9.17, 15) is 4.79 Å². The second-order valence-corrected chi connectivity index (χ2v) is 7.11. The number of aryl methyl sites for hydroxylation is 1. The van der Waals surface area contributed by atoms with Crippen molar-refractivity contribution in [3.63, 3.8) is 0 Å². The van der Waals surface area contributed by atoms with Gasteiger partial charge in [-0.15, -0.1) is 0 Å². The zero-order valence-corrected chi connectivity index (χ0v) is 15.2. The molecular weight excluding hydrogens is 326 g/mol. The fraction of sp³-hybridized carbons (Fsp3) is 0.409. The van der Waals surface area contributed by atoms with Crippen LogP contribution in [0, 0.1) is 0 Å².